The Morgan fingerprint density at radius 1 is 1.17 bits per heavy atom. The minimum Gasteiger partial charge on any atom is -0.483 e. The first-order valence-corrected chi connectivity index (χ1v) is 9.53. The molecule has 1 aromatic carbocycles. The number of hydrogen-bond acceptors (Lipinski definition) is 5. The van der Waals surface area contributed by atoms with Gasteiger partial charge < -0.3 is 9.15 Å². The molecular weight excluding hydrogens is 340 g/mol. The number of rotatable bonds is 5. The molecule has 0 aliphatic heterocycles. The molecule has 2 rings (SSSR count). The van der Waals surface area contributed by atoms with E-state index in [1.807, 2.05) is 0 Å². The SMILES string of the molecule is CC(C)(C)c1ccc(OCSCc2n[nH]c(=S)o2)c(C(C)(C)C)c1. The van der Waals surface area contributed by atoms with Crippen molar-refractivity contribution < 1.29 is 9.15 Å². The van der Waals surface area contributed by atoms with Gasteiger partial charge in [0, 0.05) is 0 Å². The van der Waals surface area contributed by atoms with Gasteiger partial charge in [-0.1, -0.05) is 53.7 Å². The minimum atomic E-state index is 0.0238. The topological polar surface area (TPSA) is 51.0 Å². The molecular formula is C18H26N2O2S2. The number of hydrogen-bond donors (Lipinski definition) is 1. The van der Waals surface area contributed by atoms with Gasteiger partial charge in [-0.05, 0) is 40.2 Å². The van der Waals surface area contributed by atoms with Gasteiger partial charge in [-0.2, -0.15) is 0 Å². The predicted octanol–water partition coefficient (Wildman–Crippen LogP) is 5.60. The molecule has 0 bridgehead atoms. The van der Waals surface area contributed by atoms with E-state index in [9.17, 15) is 0 Å². The standard InChI is InChI=1S/C18H26N2O2S2/c1-17(2,3)12-7-8-14(13(9-12)18(4,5)6)21-11-24-10-15-19-20-16(23)22-15/h7-9H,10-11H2,1-6H3,(H,20,23). The van der Waals surface area contributed by atoms with Crippen molar-refractivity contribution in [2.45, 2.75) is 58.1 Å². The molecule has 132 valence electrons. The number of nitrogens with one attached hydrogen (secondary N) is 1. The first kappa shape index (κ1) is 19.1. The van der Waals surface area contributed by atoms with Crippen LogP contribution in [0.2, 0.25) is 0 Å². The normalized spacial score (nSPS) is 12.4. The molecule has 1 heterocycles. The summed E-state index contributed by atoms with van der Waals surface area (Å²) in [5.74, 6) is 2.68. The Balaban J connectivity index is 2.07. The number of benzene rings is 1. The molecule has 6 heteroatoms. The Kier molecular flexibility index (Phi) is 5.81. The van der Waals surface area contributed by atoms with E-state index >= 15 is 0 Å². The zero-order chi connectivity index (χ0) is 18.0. The smallest absolute Gasteiger partial charge is 0.284 e. The molecule has 0 aliphatic rings. The van der Waals surface area contributed by atoms with Gasteiger partial charge in [-0.3, -0.25) is 0 Å². The van der Waals surface area contributed by atoms with Crippen LogP contribution in [0.3, 0.4) is 0 Å². The summed E-state index contributed by atoms with van der Waals surface area (Å²) in [6, 6.07) is 6.51. The van der Waals surface area contributed by atoms with E-state index in [2.05, 4.69) is 69.9 Å². The fraction of sp³-hybridized carbons (Fsp3) is 0.556. The molecule has 1 aromatic heterocycles. The van der Waals surface area contributed by atoms with Gasteiger partial charge in [-0.15, -0.1) is 16.9 Å². The second-order valence-corrected chi connectivity index (χ2v) is 9.13. The molecule has 0 amide bonds. The molecule has 0 aliphatic carbocycles. The second-order valence-electron chi connectivity index (χ2n) is 7.83. The Morgan fingerprint density at radius 3 is 2.42 bits per heavy atom. The Hall–Kier alpha value is -1.27. The fourth-order valence-electron chi connectivity index (χ4n) is 2.26. The van der Waals surface area contributed by atoms with Crippen LogP contribution in [0.15, 0.2) is 22.6 Å². The van der Waals surface area contributed by atoms with E-state index < -0.39 is 0 Å². The summed E-state index contributed by atoms with van der Waals surface area (Å²) in [6.07, 6.45) is 0. The van der Waals surface area contributed by atoms with Gasteiger partial charge in [0.2, 0.25) is 5.89 Å². The summed E-state index contributed by atoms with van der Waals surface area (Å²) in [7, 11) is 0. The average Bonchev–Trinajstić information content (AvgIpc) is 2.87. The summed E-state index contributed by atoms with van der Waals surface area (Å²) in [5.41, 5.74) is 2.70. The highest BCUT2D eigenvalue weighted by Gasteiger charge is 2.23. The quantitative estimate of drug-likeness (QED) is 0.424. The van der Waals surface area contributed by atoms with Crippen molar-refractivity contribution in [1.82, 2.24) is 10.2 Å². The molecule has 0 atom stereocenters. The molecule has 4 nitrogen and oxygen atoms in total. The number of thioether (sulfide) groups is 1. The maximum atomic E-state index is 6.02. The van der Waals surface area contributed by atoms with Crippen molar-refractivity contribution in [2.75, 3.05) is 5.94 Å². The van der Waals surface area contributed by atoms with Crippen LogP contribution in [0.4, 0.5) is 0 Å². The first-order chi connectivity index (χ1) is 11.1. The van der Waals surface area contributed by atoms with E-state index in [-0.39, 0.29) is 10.8 Å². The molecule has 0 fully saturated rings. The Labute approximate surface area is 153 Å². The highest BCUT2D eigenvalue weighted by Crippen LogP contribution is 2.35. The van der Waals surface area contributed by atoms with Crippen LogP contribution < -0.4 is 4.74 Å². The van der Waals surface area contributed by atoms with Crippen LogP contribution in [-0.2, 0) is 16.6 Å². The second kappa shape index (κ2) is 7.31. The van der Waals surface area contributed by atoms with Crippen molar-refractivity contribution >= 4 is 24.0 Å². The summed E-state index contributed by atoms with van der Waals surface area (Å²) >= 11 is 6.46. The van der Waals surface area contributed by atoms with E-state index in [0.29, 0.717) is 22.4 Å². The Morgan fingerprint density at radius 2 is 1.88 bits per heavy atom. The number of ether oxygens (including phenoxy) is 1. The molecule has 0 spiro atoms. The third kappa shape index (κ3) is 5.11. The molecule has 0 unspecified atom stereocenters. The lowest BCUT2D eigenvalue weighted by Gasteiger charge is -2.27. The van der Waals surface area contributed by atoms with E-state index in [1.54, 1.807) is 11.8 Å². The van der Waals surface area contributed by atoms with Gasteiger partial charge in [-0.25, -0.2) is 5.10 Å². The average molecular weight is 367 g/mol. The number of nitrogens with zero attached hydrogens (tertiary/aromatic N) is 1. The van der Waals surface area contributed by atoms with Gasteiger partial charge in [0.15, 0.2) is 0 Å². The molecule has 24 heavy (non-hydrogen) atoms. The lowest BCUT2D eigenvalue weighted by atomic mass is 9.80. The van der Waals surface area contributed by atoms with Gasteiger partial charge in [0.05, 0.1) is 5.75 Å². The number of H-pyrrole nitrogens is 1. The van der Waals surface area contributed by atoms with E-state index in [1.165, 1.54) is 11.1 Å². The minimum absolute atomic E-state index is 0.0238. The van der Waals surface area contributed by atoms with Gasteiger partial charge in [0.1, 0.15) is 11.7 Å². The van der Waals surface area contributed by atoms with Crippen LogP contribution in [-0.4, -0.2) is 16.1 Å². The molecule has 1 N–H and O–H groups in total. The Bertz CT molecular complexity index is 736. The molecule has 0 radical (unpaired) electrons. The summed E-state index contributed by atoms with van der Waals surface area (Å²) in [6.45, 7) is 13.3. The zero-order valence-corrected chi connectivity index (χ0v) is 16.9. The summed E-state index contributed by atoms with van der Waals surface area (Å²) in [5, 5.41) is 6.60. The molecule has 0 saturated carbocycles. The van der Waals surface area contributed by atoms with Crippen molar-refractivity contribution in [3.05, 3.63) is 40.1 Å². The first-order valence-electron chi connectivity index (χ1n) is 7.97. The third-order valence-electron chi connectivity index (χ3n) is 3.66. The number of aromatic amines is 1. The predicted molar refractivity (Wildman–Crippen MR) is 102 cm³/mol. The monoisotopic (exact) mass is 366 g/mol. The maximum Gasteiger partial charge on any atom is 0.284 e. The molecule has 0 saturated heterocycles. The van der Waals surface area contributed by atoms with Crippen LogP contribution >= 0.6 is 24.0 Å². The lowest BCUT2D eigenvalue weighted by molar-refractivity contribution is 0.376. The fourth-order valence-corrected chi connectivity index (χ4v) is 3.00. The summed E-state index contributed by atoms with van der Waals surface area (Å²) < 4.78 is 11.3. The van der Waals surface area contributed by atoms with Crippen molar-refractivity contribution in [1.29, 1.82) is 0 Å². The van der Waals surface area contributed by atoms with Crippen LogP contribution in [0.25, 0.3) is 0 Å². The van der Waals surface area contributed by atoms with Crippen LogP contribution in [0.1, 0.15) is 58.6 Å². The van der Waals surface area contributed by atoms with Gasteiger partial charge >= 0.3 is 0 Å². The van der Waals surface area contributed by atoms with Crippen molar-refractivity contribution in [3.63, 3.8) is 0 Å². The van der Waals surface area contributed by atoms with Crippen molar-refractivity contribution in [3.8, 4) is 5.75 Å². The lowest BCUT2D eigenvalue weighted by Crippen LogP contribution is -2.17. The van der Waals surface area contributed by atoms with E-state index in [0.717, 1.165) is 5.75 Å². The number of aromatic nitrogens is 2. The summed E-state index contributed by atoms with van der Waals surface area (Å²) in [4.78, 5) is 0.305. The van der Waals surface area contributed by atoms with Crippen LogP contribution in [0, 0.1) is 4.84 Å². The third-order valence-corrected chi connectivity index (χ3v) is 4.57. The van der Waals surface area contributed by atoms with Crippen molar-refractivity contribution in [2.24, 2.45) is 0 Å². The highest BCUT2D eigenvalue weighted by molar-refractivity contribution is 7.98. The van der Waals surface area contributed by atoms with E-state index in [4.69, 9.17) is 21.4 Å². The van der Waals surface area contributed by atoms with Crippen LogP contribution in [0.5, 0.6) is 5.75 Å². The highest BCUT2D eigenvalue weighted by atomic mass is 32.2. The zero-order valence-electron chi connectivity index (χ0n) is 15.2. The van der Waals surface area contributed by atoms with Gasteiger partial charge in [0.25, 0.3) is 4.84 Å². The molecule has 2 aromatic rings. The maximum absolute atomic E-state index is 6.02. The largest absolute Gasteiger partial charge is 0.483 e.